The maximum absolute atomic E-state index is 5.79. The van der Waals surface area contributed by atoms with Crippen molar-refractivity contribution >= 4 is 22.7 Å². The van der Waals surface area contributed by atoms with Gasteiger partial charge in [0.1, 0.15) is 0 Å². The van der Waals surface area contributed by atoms with Crippen LogP contribution in [0, 0.1) is 0 Å². The first kappa shape index (κ1) is 12.0. The number of rotatable bonds is 3. The average molecular weight is 259 g/mol. The van der Waals surface area contributed by atoms with Gasteiger partial charge in [-0.25, -0.2) is 0 Å². The zero-order valence-corrected chi connectivity index (χ0v) is 11.0. The summed E-state index contributed by atoms with van der Waals surface area (Å²) in [5.74, 6) is 7.03. The minimum Gasteiger partial charge on any atom is -0.271 e. The van der Waals surface area contributed by atoms with Crippen LogP contribution >= 0.6 is 11.8 Å². The number of aromatic nitrogens is 1. The maximum Gasteiger partial charge on any atom is 0.0705 e. The van der Waals surface area contributed by atoms with E-state index in [9.17, 15) is 0 Å². The normalized spacial score (nSPS) is 21.3. The van der Waals surface area contributed by atoms with Gasteiger partial charge in [0.25, 0.3) is 0 Å². The van der Waals surface area contributed by atoms with E-state index in [1.54, 1.807) is 0 Å². The highest BCUT2D eigenvalue weighted by Gasteiger charge is 2.27. The molecule has 1 aliphatic rings. The zero-order chi connectivity index (χ0) is 12.4. The summed E-state index contributed by atoms with van der Waals surface area (Å²) >= 11 is 2.02. The van der Waals surface area contributed by atoms with E-state index in [4.69, 9.17) is 5.84 Å². The number of hydrazine groups is 1. The van der Waals surface area contributed by atoms with Gasteiger partial charge in [0.15, 0.2) is 0 Å². The molecule has 2 unspecified atom stereocenters. The summed E-state index contributed by atoms with van der Waals surface area (Å²) in [4.78, 5) is 4.41. The van der Waals surface area contributed by atoms with Crippen LogP contribution in [0.5, 0.6) is 0 Å². The Morgan fingerprint density at radius 2 is 2.28 bits per heavy atom. The summed E-state index contributed by atoms with van der Waals surface area (Å²) in [5, 5.41) is 1.77. The molecule has 3 rings (SSSR count). The van der Waals surface area contributed by atoms with Gasteiger partial charge in [-0.05, 0) is 36.3 Å². The summed E-state index contributed by atoms with van der Waals surface area (Å²) < 4.78 is 0. The second kappa shape index (κ2) is 5.26. The Morgan fingerprint density at radius 3 is 3.06 bits per heavy atom. The molecule has 94 valence electrons. The molecule has 0 bridgehead atoms. The lowest BCUT2D eigenvalue weighted by Gasteiger charge is -2.23. The van der Waals surface area contributed by atoms with Crippen molar-refractivity contribution < 1.29 is 0 Å². The third-order valence-corrected chi connectivity index (χ3v) is 4.99. The molecule has 0 amide bonds. The van der Waals surface area contributed by atoms with E-state index in [1.807, 2.05) is 30.1 Å². The van der Waals surface area contributed by atoms with Crippen LogP contribution in [-0.4, -0.2) is 16.0 Å². The number of hydrogen-bond acceptors (Lipinski definition) is 4. The van der Waals surface area contributed by atoms with Crippen molar-refractivity contribution in [1.29, 1.82) is 0 Å². The molecule has 1 saturated heterocycles. The van der Waals surface area contributed by atoms with Crippen molar-refractivity contribution in [3.8, 4) is 0 Å². The molecule has 3 N–H and O–H groups in total. The van der Waals surface area contributed by atoms with Crippen molar-refractivity contribution in [2.24, 2.45) is 5.84 Å². The van der Waals surface area contributed by atoms with Crippen LogP contribution in [0.2, 0.25) is 0 Å². The molecule has 4 heteroatoms. The van der Waals surface area contributed by atoms with E-state index >= 15 is 0 Å². The number of pyridine rings is 1. The SMILES string of the molecule is NNC(c1cccc2ncccc12)C1CCCS1. The number of nitrogens with zero attached hydrogens (tertiary/aromatic N) is 1. The molecule has 2 heterocycles. The Hall–Kier alpha value is -1.10. The Labute approximate surface area is 111 Å². The second-order valence-electron chi connectivity index (χ2n) is 4.61. The molecular formula is C14H17N3S. The monoisotopic (exact) mass is 259 g/mol. The molecule has 2 atom stereocenters. The van der Waals surface area contributed by atoms with Crippen molar-refractivity contribution in [3.05, 3.63) is 42.1 Å². The summed E-state index contributed by atoms with van der Waals surface area (Å²) in [5.41, 5.74) is 5.31. The second-order valence-corrected chi connectivity index (χ2v) is 5.96. The first-order chi connectivity index (χ1) is 8.90. The summed E-state index contributed by atoms with van der Waals surface area (Å²) in [6.45, 7) is 0. The highest BCUT2D eigenvalue weighted by atomic mass is 32.2. The van der Waals surface area contributed by atoms with Gasteiger partial charge in [0.2, 0.25) is 0 Å². The maximum atomic E-state index is 5.79. The van der Waals surface area contributed by atoms with E-state index in [1.165, 1.54) is 29.5 Å². The predicted octanol–water partition coefficient (Wildman–Crippen LogP) is 2.63. The number of fused-ring (bicyclic) bond motifs is 1. The number of benzene rings is 1. The standard InChI is InChI=1S/C14H17N3S/c15-17-14(13-7-3-9-18-13)11-4-1-6-12-10(11)5-2-8-16-12/h1-2,4-6,8,13-14,17H,3,7,9,15H2. The van der Waals surface area contributed by atoms with Crippen molar-refractivity contribution in [2.75, 3.05) is 5.75 Å². The molecule has 0 saturated carbocycles. The van der Waals surface area contributed by atoms with Gasteiger partial charge in [-0.2, -0.15) is 11.8 Å². The van der Waals surface area contributed by atoms with Crippen molar-refractivity contribution in [3.63, 3.8) is 0 Å². The van der Waals surface area contributed by atoms with Crippen LogP contribution in [0.3, 0.4) is 0 Å². The lowest BCUT2D eigenvalue weighted by molar-refractivity contribution is 0.523. The van der Waals surface area contributed by atoms with Gasteiger partial charge in [-0.15, -0.1) is 0 Å². The fraction of sp³-hybridized carbons (Fsp3) is 0.357. The van der Waals surface area contributed by atoms with Crippen LogP contribution in [-0.2, 0) is 0 Å². The van der Waals surface area contributed by atoms with Gasteiger partial charge in [0.05, 0.1) is 11.6 Å². The summed E-state index contributed by atoms with van der Waals surface area (Å²) in [6.07, 6.45) is 4.36. The lowest BCUT2D eigenvalue weighted by atomic mass is 9.97. The number of nitrogens with one attached hydrogen (secondary N) is 1. The highest BCUT2D eigenvalue weighted by Crippen LogP contribution is 2.37. The van der Waals surface area contributed by atoms with Crippen LogP contribution in [0.25, 0.3) is 10.9 Å². The Bertz CT molecular complexity index is 532. The summed E-state index contributed by atoms with van der Waals surface area (Å²) in [7, 11) is 0. The zero-order valence-electron chi connectivity index (χ0n) is 10.2. The molecule has 1 aliphatic heterocycles. The van der Waals surface area contributed by atoms with Crippen LogP contribution in [0.1, 0.15) is 24.4 Å². The topological polar surface area (TPSA) is 50.9 Å². The third-order valence-electron chi connectivity index (χ3n) is 3.53. The van der Waals surface area contributed by atoms with Gasteiger partial charge >= 0.3 is 0 Å². The van der Waals surface area contributed by atoms with E-state index in [0.29, 0.717) is 5.25 Å². The largest absolute Gasteiger partial charge is 0.271 e. The Balaban J connectivity index is 2.06. The van der Waals surface area contributed by atoms with E-state index in [0.717, 1.165) is 5.52 Å². The van der Waals surface area contributed by atoms with E-state index in [2.05, 4.69) is 28.6 Å². The molecule has 18 heavy (non-hydrogen) atoms. The smallest absolute Gasteiger partial charge is 0.0705 e. The van der Waals surface area contributed by atoms with E-state index in [-0.39, 0.29) is 6.04 Å². The lowest BCUT2D eigenvalue weighted by Crippen LogP contribution is -2.34. The molecule has 0 spiro atoms. The van der Waals surface area contributed by atoms with E-state index < -0.39 is 0 Å². The predicted molar refractivity (Wildman–Crippen MR) is 77.3 cm³/mol. The van der Waals surface area contributed by atoms with Crippen LogP contribution in [0.15, 0.2) is 36.5 Å². The van der Waals surface area contributed by atoms with Gasteiger partial charge in [-0.1, -0.05) is 18.2 Å². The van der Waals surface area contributed by atoms with Gasteiger partial charge in [0, 0.05) is 16.8 Å². The molecule has 0 aliphatic carbocycles. The minimum atomic E-state index is 0.213. The first-order valence-electron chi connectivity index (χ1n) is 6.31. The van der Waals surface area contributed by atoms with Gasteiger partial charge in [-0.3, -0.25) is 16.3 Å². The molecule has 1 aromatic carbocycles. The third kappa shape index (κ3) is 2.11. The fourth-order valence-corrected chi connectivity index (χ4v) is 4.05. The molecule has 2 aromatic rings. The van der Waals surface area contributed by atoms with Gasteiger partial charge < -0.3 is 0 Å². The molecular weight excluding hydrogens is 242 g/mol. The molecule has 1 aromatic heterocycles. The molecule has 3 nitrogen and oxygen atoms in total. The quantitative estimate of drug-likeness (QED) is 0.657. The average Bonchev–Trinajstić information content (AvgIpc) is 2.94. The number of thioether (sulfide) groups is 1. The van der Waals surface area contributed by atoms with Crippen molar-refractivity contribution in [1.82, 2.24) is 10.4 Å². The first-order valence-corrected chi connectivity index (χ1v) is 7.36. The Kier molecular flexibility index (Phi) is 3.50. The molecule has 1 fully saturated rings. The molecule has 0 radical (unpaired) electrons. The summed E-state index contributed by atoms with van der Waals surface area (Å²) in [6, 6.07) is 10.6. The highest BCUT2D eigenvalue weighted by molar-refractivity contribution is 8.00. The van der Waals surface area contributed by atoms with Crippen molar-refractivity contribution in [2.45, 2.75) is 24.1 Å². The fourth-order valence-electron chi connectivity index (χ4n) is 2.66. The Morgan fingerprint density at radius 1 is 1.33 bits per heavy atom. The number of hydrogen-bond donors (Lipinski definition) is 2. The minimum absolute atomic E-state index is 0.213. The number of nitrogens with two attached hydrogens (primary N) is 1. The van der Waals surface area contributed by atoms with Crippen LogP contribution in [0.4, 0.5) is 0 Å². The van der Waals surface area contributed by atoms with Crippen LogP contribution < -0.4 is 11.3 Å².